The van der Waals surface area contributed by atoms with E-state index < -0.39 is 0 Å². The van der Waals surface area contributed by atoms with Gasteiger partial charge in [-0.15, -0.1) is 0 Å². The van der Waals surface area contributed by atoms with Crippen LogP contribution in [0.2, 0.25) is 0 Å². The number of benzene rings is 1. The molecular weight excluding hydrogens is 333 g/mol. The van der Waals surface area contributed by atoms with E-state index in [1.807, 2.05) is 6.92 Å². The molecule has 2 aromatic heterocycles. The predicted molar refractivity (Wildman–Crippen MR) is 98.0 cm³/mol. The highest BCUT2D eigenvalue weighted by Gasteiger charge is 2.27. The zero-order chi connectivity index (χ0) is 18.1. The average Bonchev–Trinajstić information content (AvgIpc) is 3.00. The summed E-state index contributed by atoms with van der Waals surface area (Å²) in [5.41, 5.74) is 1.75. The monoisotopic (exact) mass is 355 g/mol. The second-order valence-corrected chi connectivity index (χ2v) is 6.70. The molecule has 1 atom stereocenters. The van der Waals surface area contributed by atoms with Gasteiger partial charge in [-0.3, -0.25) is 0 Å². The topological polar surface area (TPSA) is 67.1 Å². The van der Waals surface area contributed by atoms with Gasteiger partial charge < -0.3 is 10.0 Å². The van der Waals surface area contributed by atoms with Crippen LogP contribution in [-0.2, 0) is 0 Å². The number of fused-ring (bicyclic) bond motifs is 1. The first-order valence-corrected chi connectivity index (χ1v) is 9.03. The van der Waals surface area contributed by atoms with Crippen molar-refractivity contribution in [3.05, 3.63) is 42.1 Å². The zero-order valence-corrected chi connectivity index (χ0v) is 14.8. The van der Waals surface area contributed by atoms with Crippen LogP contribution in [0.5, 0.6) is 0 Å². The summed E-state index contributed by atoms with van der Waals surface area (Å²) >= 11 is 0. The number of aryl methyl sites for hydroxylation is 1. The Morgan fingerprint density at radius 3 is 2.88 bits per heavy atom. The van der Waals surface area contributed by atoms with Crippen LogP contribution in [0.25, 0.3) is 16.7 Å². The number of aliphatic hydroxyl groups excluding tert-OH is 1. The van der Waals surface area contributed by atoms with Gasteiger partial charge in [0, 0.05) is 19.2 Å². The minimum Gasteiger partial charge on any atom is -0.396 e. The fourth-order valence-electron chi connectivity index (χ4n) is 3.84. The molecule has 6 nitrogen and oxygen atoms in total. The van der Waals surface area contributed by atoms with Crippen molar-refractivity contribution in [2.45, 2.75) is 38.6 Å². The zero-order valence-electron chi connectivity index (χ0n) is 14.8. The molecule has 0 radical (unpaired) electrons. The van der Waals surface area contributed by atoms with Crippen LogP contribution < -0.4 is 4.90 Å². The summed E-state index contributed by atoms with van der Waals surface area (Å²) in [6.07, 6.45) is 5.51. The molecule has 3 heterocycles. The second-order valence-electron chi connectivity index (χ2n) is 6.70. The van der Waals surface area contributed by atoms with Gasteiger partial charge in [0.25, 0.3) is 0 Å². The van der Waals surface area contributed by atoms with Crippen molar-refractivity contribution in [2.75, 3.05) is 18.1 Å². The van der Waals surface area contributed by atoms with Crippen molar-refractivity contribution >= 4 is 16.9 Å². The maximum absolute atomic E-state index is 14.3. The Balaban J connectivity index is 1.86. The summed E-state index contributed by atoms with van der Waals surface area (Å²) in [4.78, 5) is 11.2. The molecule has 136 valence electrons. The van der Waals surface area contributed by atoms with E-state index in [-0.39, 0.29) is 18.5 Å². The van der Waals surface area contributed by atoms with Crippen molar-refractivity contribution in [1.29, 1.82) is 0 Å². The Morgan fingerprint density at radius 1 is 1.23 bits per heavy atom. The van der Waals surface area contributed by atoms with Crippen molar-refractivity contribution in [3.63, 3.8) is 0 Å². The van der Waals surface area contributed by atoms with E-state index in [2.05, 4.69) is 20.0 Å². The standard InChI is InChI=1S/C19H22FN5O/c1-13-17-18(24-10-5-4-6-14(24)9-11-26)21-12-22-19(17)25(23-13)16-8-3-2-7-15(16)20/h2-3,7-8,12,14,26H,4-6,9-11H2,1H3. The summed E-state index contributed by atoms with van der Waals surface area (Å²) in [5.74, 6) is 0.487. The highest BCUT2D eigenvalue weighted by molar-refractivity contribution is 5.90. The number of rotatable bonds is 4. The fourth-order valence-corrected chi connectivity index (χ4v) is 3.84. The lowest BCUT2D eigenvalue weighted by Gasteiger charge is -2.36. The lowest BCUT2D eigenvalue weighted by atomic mass is 9.99. The smallest absolute Gasteiger partial charge is 0.168 e. The number of halogens is 1. The first-order valence-electron chi connectivity index (χ1n) is 9.03. The van der Waals surface area contributed by atoms with Crippen molar-refractivity contribution in [2.24, 2.45) is 0 Å². The molecule has 1 aliphatic heterocycles. The lowest BCUT2D eigenvalue weighted by Crippen LogP contribution is -2.40. The minimum absolute atomic E-state index is 0.156. The molecule has 1 fully saturated rings. The van der Waals surface area contributed by atoms with Gasteiger partial charge in [0.1, 0.15) is 23.6 Å². The first-order chi connectivity index (χ1) is 12.7. The van der Waals surface area contributed by atoms with E-state index in [0.29, 0.717) is 17.8 Å². The van der Waals surface area contributed by atoms with Gasteiger partial charge in [0.15, 0.2) is 5.65 Å². The number of piperidine rings is 1. The molecule has 3 aromatic rings. The van der Waals surface area contributed by atoms with E-state index in [1.165, 1.54) is 12.4 Å². The first kappa shape index (κ1) is 16.9. The van der Waals surface area contributed by atoms with E-state index >= 15 is 0 Å². The molecular formula is C19H22FN5O. The number of aromatic nitrogens is 4. The Labute approximate surface area is 151 Å². The average molecular weight is 355 g/mol. The molecule has 0 bridgehead atoms. The van der Waals surface area contributed by atoms with E-state index in [4.69, 9.17) is 0 Å². The molecule has 26 heavy (non-hydrogen) atoms. The molecule has 4 rings (SSSR count). The van der Waals surface area contributed by atoms with Gasteiger partial charge in [0.05, 0.1) is 11.1 Å². The van der Waals surface area contributed by atoms with Gasteiger partial charge in [-0.1, -0.05) is 12.1 Å². The fraction of sp³-hybridized carbons (Fsp3) is 0.421. The highest BCUT2D eigenvalue weighted by atomic mass is 19.1. The van der Waals surface area contributed by atoms with Crippen molar-refractivity contribution in [1.82, 2.24) is 19.7 Å². The second kappa shape index (κ2) is 6.99. The van der Waals surface area contributed by atoms with Crippen molar-refractivity contribution < 1.29 is 9.50 Å². The molecule has 7 heteroatoms. The largest absolute Gasteiger partial charge is 0.396 e. The van der Waals surface area contributed by atoms with E-state index in [1.54, 1.807) is 22.9 Å². The number of hydrogen-bond acceptors (Lipinski definition) is 5. The van der Waals surface area contributed by atoms with Crippen LogP contribution in [0.15, 0.2) is 30.6 Å². The predicted octanol–water partition coefficient (Wildman–Crippen LogP) is 3.00. The summed E-state index contributed by atoms with van der Waals surface area (Å²) in [6, 6.07) is 6.81. The number of nitrogens with zero attached hydrogens (tertiary/aromatic N) is 5. The molecule has 1 aliphatic rings. The number of para-hydroxylation sites is 1. The summed E-state index contributed by atoms with van der Waals surface area (Å²) in [7, 11) is 0. The third-order valence-electron chi connectivity index (χ3n) is 5.06. The third-order valence-corrected chi connectivity index (χ3v) is 5.06. The van der Waals surface area contributed by atoms with Gasteiger partial charge in [-0.25, -0.2) is 19.0 Å². The maximum Gasteiger partial charge on any atom is 0.168 e. The third kappa shape index (κ3) is 2.82. The summed E-state index contributed by atoms with van der Waals surface area (Å²) < 4.78 is 15.8. The quantitative estimate of drug-likeness (QED) is 0.779. The van der Waals surface area contributed by atoms with Gasteiger partial charge >= 0.3 is 0 Å². The Bertz CT molecular complexity index is 923. The minimum atomic E-state index is -0.340. The molecule has 0 spiro atoms. The van der Waals surface area contributed by atoms with Crippen LogP contribution in [0.4, 0.5) is 10.2 Å². The van der Waals surface area contributed by atoms with Gasteiger partial charge in [-0.05, 0) is 44.7 Å². The SMILES string of the molecule is Cc1nn(-c2ccccc2F)c2ncnc(N3CCCCC3CCO)c12. The number of hydrogen-bond donors (Lipinski definition) is 1. The van der Waals surface area contributed by atoms with E-state index in [9.17, 15) is 9.50 Å². The summed E-state index contributed by atoms with van der Waals surface area (Å²) in [5, 5.41) is 14.8. The van der Waals surface area contributed by atoms with Crippen LogP contribution >= 0.6 is 0 Å². The van der Waals surface area contributed by atoms with E-state index in [0.717, 1.165) is 42.7 Å². The van der Waals surface area contributed by atoms with Crippen LogP contribution in [-0.4, -0.2) is 44.0 Å². The molecule has 0 saturated carbocycles. The number of anilines is 1. The summed E-state index contributed by atoms with van der Waals surface area (Å²) in [6.45, 7) is 2.95. The normalized spacial score (nSPS) is 17.8. The number of aliphatic hydroxyl groups is 1. The lowest BCUT2D eigenvalue weighted by molar-refractivity contribution is 0.262. The van der Waals surface area contributed by atoms with Crippen LogP contribution in [0.3, 0.4) is 0 Å². The molecule has 1 unspecified atom stereocenters. The highest BCUT2D eigenvalue weighted by Crippen LogP contribution is 2.32. The maximum atomic E-state index is 14.3. The Hall–Kier alpha value is -2.54. The molecule has 1 aromatic carbocycles. The van der Waals surface area contributed by atoms with Crippen molar-refractivity contribution in [3.8, 4) is 5.69 Å². The Kier molecular flexibility index (Phi) is 4.55. The molecule has 1 N–H and O–H groups in total. The molecule has 0 amide bonds. The van der Waals surface area contributed by atoms with Gasteiger partial charge in [0.2, 0.25) is 0 Å². The van der Waals surface area contributed by atoms with Crippen LogP contribution in [0.1, 0.15) is 31.4 Å². The van der Waals surface area contributed by atoms with Crippen LogP contribution in [0, 0.1) is 12.7 Å². The van der Waals surface area contributed by atoms with Gasteiger partial charge in [-0.2, -0.15) is 5.10 Å². The molecule has 0 aliphatic carbocycles. The Morgan fingerprint density at radius 2 is 2.08 bits per heavy atom. The molecule has 1 saturated heterocycles.